The van der Waals surface area contributed by atoms with E-state index in [1.807, 2.05) is 0 Å². The van der Waals surface area contributed by atoms with E-state index in [-0.39, 0.29) is 29.1 Å². The molecule has 1 saturated heterocycles. The molecule has 0 aliphatic carbocycles. The summed E-state index contributed by atoms with van der Waals surface area (Å²) in [5.41, 5.74) is 0. The van der Waals surface area contributed by atoms with Gasteiger partial charge < -0.3 is 10.1 Å². The van der Waals surface area contributed by atoms with Gasteiger partial charge in [-0.15, -0.1) is 12.4 Å². The van der Waals surface area contributed by atoms with E-state index in [0.29, 0.717) is 16.0 Å². The van der Waals surface area contributed by atoms with Crippen LogP contribution in [0.15, 0.2) is 21.5 Å². The Labute approximate surface area is 144 Å². The lowest BCUT2D eigenvalue weighted by Crippen LogP contribution is -2.45. The van der Waals surface area contributed by atoms with E-state index in [9.17, 15) is 8.42 Å². The maximum atomic E-state index is 12.5. The number of halogens is 3. The summed E-state index contributed by atoms with van der Waals surface area (Å²) in [5, 5.41) is 3.50. The Morgan fingerprint density at radius 3 is 2.76 bits per heavy atom. The van der Waals surface area contributed by atoms with Crippen LogP contribution in [0.25, 0.3) is 0 Å². The second-order valence-corrected chi connectivity index (χ2v) is 7.56. The number of methoxy groups -OCH3 is 1. The summed E-state index contributed by atoms with van der Waals surface area (Å²) in [6.07, 6.45) is 1.76. The molecule has 5 nitrogen and oxygen atoms in total. The zero-order valence-corrected chi connectivity index (χ0v) is 15.3. The minimum absolute atomic E-state index is 0. The van der Waals surface area contributed by atoms with Crippen molar-refractivity contribution >= 4 is 50.0 Å². The van der Waals surface area contributed by atoms with E-state index in [0.717, 1.165) is 19.4 Å². The van der Waals surface area contributed by atoms with E-state index >= 15 is 0 Å². The number of rotatable bonds is 4. The predicted molar refractivity (Wildman–Crippen MR) is 89.2 cm³/mol. The molecule has 1 aromatic rings. The van der Waals surface area contributed by atoms with Crippen molar-refractivity contribution in [3.05, 3.63) is 21.6 Å². The fraction of sp³-hybridized carbons (Fsp3) is 0.500. The summed E-state index contributed by atoms with van der Waals surface area (Å²) in [7, 11) is -2.25. The molecule has 1 atom stereocenters. The summed E-state index contributed by atoms with van der Waals surface area (Å²) >= 11 is 9.20. The number of benzene rings is 1. The van der Waals surface area contributed by atoms with Gasteiger partial charge in [-0.25, -0.2) is 13.1 Å². The van der Waals surface area contributed by atoms with Crippen LogP contribution in [-0.4, -0.2) is 34.7 Å². The van der Waals surface area contributed by atoms with Crippen molar-refractivity contribution in [1.82, 2.24) is 10.0 Å². The summed E-state index contributed by atoms with van der Waals surface area (Å²) < 4.78 is 33.3. The number of sulfonamides is 1. The quantitative estimate of drug-likeness (QED) is 0.786. The highest BCUT2D eigenvalue weighted by atomic mass is 79.9. The fourth-order valence-corrected chi connectivity index (χ4v) is 4.82. The Bertz CT molecular complexity index is 592. The number of hydrogen-bond acceptors (Lipinski definition) is 4. The van der Waals surface area contributed by atoms with Crippen LogP contribution < -0.4 is 14.8 Å². The zero-order chi connectivity index (χ0) is 14.8. The largest absolute Gasteiger partial charge is 0.494 e. The van der Waals surface area contributed by atoms with Crippen molar-refractivity contribution in [3.63, 3.8) is 0 Å². The molecule has 2 rings (SSSR count). The topological polar surface area (TPSA) is 67.4 Å². The van der Waals surface area contributed by atoms with Gasteiger partial charge in [0.15, 0.2) is 5.75 Å². The maximum Gasteiger partial charge on any atom is 0.244 e. The lowest BCUT2D eigenvalue weighted by molar-refractivity contribution is 0.397. The van der Waals surface area contributed by atoms with Crippen molar-refractivity contribution < 1.29 is 13.2 Å². The second kappa shape index (κ2) is 7.99. The number of hydrogen-bond donors (Lipinski definition) is 2. The number of nitrogens with one attached hydrogen (secondary N) is 2. The van der Waals surface area contributed by atoms with E-state index in [1.165, 1.54) is 13.2 Å². The second-order valence-electron chi connectivity index (χ2n) is 4.58. The minimum atomic E-state index is -3.68. The standard InChI is InChI=1S/C12H16BrClN2O3S.ClH/c1-19-12-10(13)5-8(14)6-11(12)20(17,18)16-9-3-2-4-15-7-9;/h5-6,9,15-16H,2-4,7H2,1H3;1H/t9-;/m0./s1. The van der Waals surface area contributed by atoms with E-state index in [1.54, 1.807) is 6.07 Å². The van der Waals surface area contributed by atoms with Crippen LogP contribution in [0.3, 0.4) is 0 Å². The van der Waals surface area contributed by atoms with Gasteiger partial charge in [0.2, 0.25) is 10.0 Å². The SMILES string of the molecule is COc1c(Br)cc(Cl)cc1S(=O)(=O)N[C@H]1CCCNC1.Cl. The normalized spacial score (nSPS) is 18.9. The van der Waals surface area contributed by atoms with E-state index < -0.39 is 10.0 Å². The Kier molecular flexibility index (Phi) is 7.23. The molecule has 0 bridgehead atoms. The zero-order valence-electron chi connectivity index (χ0n) is 11.4. The fourth-order valence-electron chi connectivity index (χ4n) is 2.17. The van der Waals surface area contributed by atoms with Gasteiger partial charge in [-0.3, -0.25) is 0 Å². The van der Waals surface area contributed by atoms with Crippen molar-refractivity contribution in [3.8, 4) is 5.75 Å². The van der Waals surface area contributed by atoms with Gasteiger partial charge >= 0.3 is 0 Å². The summed E-state index contributed by atoms with van der Waals surface area (Å²) in [4.78, 5) is 0.0462. The molecule has 1 aliphatic heterocycles. The number of ether oxygens (including phenoxy) is 1. The minimum Gasteiger partial charge on any atom is -0.494 e. The summed E-state index contributed by atoms with van der Waals surface area (Å²) in [6, 6.07) is 2.88. The first-order valence-corrected chi connectivity index (χ1v) is 8.85. The van der Waals surface area contributed by atoms with Crippen molar-refractivity contribution in [1.29, 1.82) is 0 Å². The molecule has 0 amide bonds. The first kappa shape index (κ1) is 19.0. The third-order valence-electron chi connectivity index (χ3n) is 3.09. The van der Waals surface area contributed by atoms with Crippen molar-refractivity contribution in [2.45, 2.75) is 23.8 Å². The highest BCUT2D eigenvalue weighted by Crippen LogP contribution is 2.35. The van der Waals surface area contributed by atoms with Gasteiger partial charge in [0.1, 0.15) is 4.90 Å². The van der Waals surface area contributed by atoms with Crippen LogP contribution in [0.1, 0.15) is 12.8 Å². The molecular weight excluding hydrogens is 403 g/mol. The molecule has 9 heteroatoms. The molecule has 21 heavy (non-hydrogen) atoms. The molecule has 2 N–H and O–H groups in total. The van der Waals surface area contributed by atoms with Gasteiger partial charge in [-0.2, -0.15) is 0 Å². The van der Waals surface area contributed by atoms with Gasteiger partial charge in [0.25, 0.3) is 0 Å². The average Bonchev–Trinajstić information content (AvgIpc) is 2.38. The van der Waals surface area contributed by atoms with Crippen molar-refractivity contribution in [2.75, 3.05) is 20.2 Å². The lowest BCUT2D eigenvalue weighted by Gasteiger charge is -2.24. The summed E-state index contributed by atoms with van der Waals surface area (Å²) in [5.74, 6) is 0.255. The molecule has 1 heterocycles. The third-order valence-corrected chi connectivity index (χ3v) is 5.42. The molecule has 0 saturated carbocycles. The Morgan fingerprint density at radius 1 is 1.48 bits per heavy atom. The van der Waals surface area contributed by atoms with Gasteiger partial charge in [0, 0.05) is 17.6 Å². The van der Waals surface area contributed by atoms with E-state index in [2.05, 4.69) is 26.0 Å². The molecule has 0 unspecified atom stereocenters. The summed E-state index contributed by atoms with van der Waals surface area (Å²) in [6.45, 7) is 1.55. The first-order valence-electron chi connectivity index (χ1n) is 6.20. The van der Waals surface area contributed by atoms with Crippen LogP contribution in [-0.2, 0) is 10.0 Å². The average molecular weight is 420 g/mol. The Morgan fingerprint density at radius 2 is 2.19 bits per heavy atom. The number of piperidine rings is 1. The highest BCUT2D eigenvalue weighted by Gasteiger charge is 2.26. The molecule has 1 fully saturated rings. The van der Waals surface area contributed by atoms with Crippen LogP contribution in [0.4, 0.5) is 0 Å². The molecule has 1 aliphatic rings. The Hall–Kier alpha value is -0.0500. The smallest absolute Gasteiger partial charge is 0.244 e. The van der Waals surface area contributed by atoms with Gasteiger partial charge in [-0.1, -0.05) is 11.6 Å². The molecule has 1 aromatic carbocycles. The predicted octanol–water partition coefficient (Wildman–Crippen LogP) is 2.56. The van der Waals surface area contributed by atoms with Crippen LogP contribution in [0.5, 0.6) is 5.75 Å². The van der Waals surface area contributed by atoms with Crippen LogP contribution >= 0.6 is 39.9 Å². The Balaban J connectivity index is 0.00000220. The maximum absolute atomic E-state index is 12.5. The van der Waals surface area contributed by atoms with Gasteiger partial charge in [0.05, 0.1) is 11.6 Å². The third kappa shape index (κ3) is 4.71. The van der Waals surface area contributed by atoms with Crippen molar-refractivity contribution in [2.24, 2.45) is 0 Å². The molecule has 120 valence electrons. The molecular formula is C12H17BrCl2N2O3S. The highest BCUT2D eigenvalue weighted by molar-refractivity contribution is 9.10. The first-order chi connectivity index (χ1) is 9.44. The lowest BCUT2D eigenvalue weighted by atomic mass is 10.1. The molecule has 0 radical (unpaired) electrons. The molecule has 0 spiro atoms. The van der Waals surface area contributed by atoms with Crippen LogP contribution in [0.2, 0.25) is 5.02 Å². The van der Waals surface area contributed by atoms with E-state index in [4.69, 9.17) is 16.3 Å². The van der Waals surface area contributed by atoms with Crippen LogP contribution in [0, 0.1) is 0 Å². The monoisotopic (exact) mass is 418 g/mol. The van der Waals surface area contributed by atoms with Gasteiger partial charge in [-0.05, 0) is 47.4 Å². The molecule has 0 aromatic heterocycles.